The van der Waals surface area contributed by atoms with Crippen LogP contribution in [0.5, 0.6) is 11.5 Å². The van der Waals surface area contributed by atoms with Gasteiger partial charge >= 0.3 is 13.2 Å². The second-order valence-corrected chi connectivity index (χ2v) is 12.0. The van der Waals surface area contributed by atoms with Gasteiger partial charge in [-0.25, -0.2) is 0 Å². The molecule has 4 rings (SSSR count). The fourth-order valence-electron chi connectivity index (χ4n) is 7.59. The molecule has 0 N–H and O–H groups in total. The van der Waals surface area contributed by atoms with E-state index in [2.05, 4.69) is 66.2 Å². The maximum atomic E-state index is 12.6. The van der Waals surface area contributed by atoms with Gasteiger partial charge in [-0.15, -0.1) is 0 Å². The van der Waals surface area contributed by atoms with Gasteiger partial charge in [0.15, 0.2) is 0 Å². The van der Waals surface area contributed by atoms with Crippen LogP contribution in [0.25, 0.3) is 0 Å². The van der Waals surface area contributed by atoms with E-state index < -0.39 is 13.2 Å². The third-order valence-electron chi connectivity index (χ3n) is 9.36. The van der Waals surface area contributed by atoms with Gasteiger partial charge in [0.05, 0.1) is 0 Å². The highest BCUT2D eigenvalue weighted by Gasteiger charge is 2.46. The average molecular weight is 537 g/mol. The molecule has 0 spiro atoms. The van der Waals surface area contributed by atoms with Gasteiger partial charge in [-0.1, -0.05) is 79.7 Å². The Morgan fingerprint density at radius 3 is 1.61 bits per heavy atom. The van der Waals surface area contributed by atoms with Gasteiger partial charge in [0, 0.05) is 16.4 Å². The van der Waals surface area contributed by atoms with E-state index in [-0.39, 0.29) is 10.8 Å². The third-order valence-corrected chi connectivity index (χ3v) is 9.36. The predicted molar refractivity (Wildman–Crippen MR) is 145 cm³/mol. The summed E-state index contributed by atoms with van der Waals surface area (Å²) in [7, 11) is 0. The summed E-state index contributed by atoms with van der Waals surface area (Å²) in [6, 6.07) is 11.1. The van der Waals surface area contributed by atoms with Crippen molar-refractivity contribution in [2.45, 2.75) is 105 Å². The second kappa shape index (κ2) is 11.9. The first-order valence-corrected chi connectivity index (χ1v) is 13.9. The number of alkyl halides is 4. The molecule has 0 unspecified atom stereocenters. The molecule has 0 radical (unpaired) electrons. The highest BCUT2D eigenvalue weighted by atomic mass is 19.3. The first-order valence-electron chi connectivity index (χ1n) is 13.9. The molecule has 2 aromatic rings. The maximum absolute atomic E-state index is 12.6. The molecule has 38 heavy (non-hydrogen) atoms. The van der Waals surface area contributed by atoms with E-state index in [4.69, 9.17) is 4.74 Å². The quantitative estimate of drug-likeness (QED) is 0.313. The predicted octanol–water partition coefficient (Wildman–Crippen LogP) is 9.57. The molecule has 0 bridgehead atoms. The minimum absolute atomic E-state index is 0.0547. The van der Waals surface area contributed by atoms with Gasteiger partial charge < -0.3 is 9.47 Å². The Morgan fingerprint density at radius 1 is 0.605 bits per heavy atom. The molecular weight excluding hydrogens is 492 g/mol. The van der Waals surface area contributed by atoms with E-state index in [9.17, 15) is 17.6 Å². The third kappa shape index (κ3) is 5.42. The molecule has 2 aromatic carbocycles. The van der Waals surface area contributed by atoms with Crippen molar-refractivity contribution in [3.8, 4) is 11.5 Å². The van der Waals surface area contributed by atoms with Crippen LogP contribution in [0.4, 0.5) is 17.6 Å². The summed E-state index contributed by atoms with van der Waals surface area (Å²) in [5.74, 6) is 2.49. The smallest absolute Gasteiger partial charge is 0.387 e. The van der Waals surface area contributed by atoms with Crippen molar-refractivity contribution in [2.75, 3.05) is 0 Å². The highest BCUT2D eigenvalue weighted by molar-refractivity contribution is 5.50. The van der Waals surface area contributed by atoms with Crippen molar-refractivity contribution in [3.63, 3.8) is 0 Å². The standard InChI is InChI=1S/2C16H22F2O/c1-10(2)16(11(3)4)9-8-12-13(16)6-5-7-14(12)19-15(17)18;1-10(2)16(11(3)4)9-8-12-6-5-7-13(14(12)16)19-15(17)18/h2*5-7,10-11,15H,8-9H2,1-4H3. The average Bonchev–Trinajstić information content (AvgIpc) is 3.41. The van der Waals surface area contributed by atoms with E-state index in [1.165, 1.54) is 11.1 Å². The zero-order valence-corrected chi connectivity index (χ0v) is 24.1. The SMILES string of the molecule is CC(C)C1(C(C)C)CCc2c(OC(F)F)cccc21.CC(C)C1(C(C)C)CCc2cccc(OC(F)F)c21. The molecule has 0 atom stereocenters. The monoisotopic (exact) mass is 536 g/mol. The highest BCUT2D eigenvalue weighted by Crippen LogP contribution is 2.53. The van der Waals surface area contributed by atoms with Crippen LogP contribution in [0.1, 0.15) is 90.5 Å². The van der Waals surface area contributed by atoms with Crippen LogP contribution in [-0.4, -0.2) is 13.2 Å². The van der Waals surface area contributed by atoms with E-state index in [1.807, 2.05) is 18.2 Å². The van der Waals surface area contributed by atoms with Crippen molar-refractivity contribution in [1.29, 1.82) is 0 Å². The number of aryl methyl sites for hydroxylation is 1. The lowest BCUT2D eigenvalue weighted by Gasteiger charge is -2.39. The summed E-state index contributed by atoms with van der Waals surface area (Å²) in [5, 5.41) is 0. The summed E-state index contributed by atoms with van der Waals surface area (Å²) in [4.78, 5) is 0. The number of hydrogen-bond donors (Lipinski definition) is 0. The van der Waals surface area contributed by atoms with E-state index >= 15 is 0 Å². The summed E-state index contributed by atoms with van der Waals surface area (Å²) in [6.45, 7) is 12.1. The summed E-state index contributed by atoms with van der Waals surface area (Å²) >= 11 is 0. The fourth-order valence-corrected chi connectivity index (χ4v) is 7.59. The van der Waals surface area contributed by atoms with Crippen LogP contribution in [0.3, 0.4) is 0 Å². The molecule has 0 heterocycles. The fraction of sp³-hybridized carbons (Fsp3) is 0.625. The zero-order valence-electron chi connectivity index (χ0n) is 24.1. The molecule has 0 saturated carbocycles. The lowest BCUT2D eigenvalue weighted by atomic mass is 9.65. The number of rotatable bonds is 8. The maximum Gasteiger partial charge on any atom is 0.387 e. The van der Waals surface area contributed by atoms with Gasteiger partial charge in [0.25, 0.3) is 0 Å². The molecule has 0 fully saturated rings. The van der Waals surface area contributed by atoms with Gasteiger partial charge in [-0.3, -0.25) is 0 Å². The Bertz CT molecular complexity index is 1060. The number of hydrogen-bond acceptors (Lipinski definition) is 2. The Hall–Kier alpha value is -2.24. The molecule has 0 aliphatic heterocycles. The van der Waals surface area contributed by atoms with Crippen molar-refractivity contribution in [3.05, 3.63) is 58.7 Å². The van der Waals surface area contributed by atoms with Crippen LogP contribution in [0, 0.1) is 23.7 Å². The first-order chi connectivity index (χ1) is 17.8. The minimum atomic E-state index is -2.76. The van der Waals surface area contributed by atoms with Crippen molar-refractivity contribution < 1.29 is 27.0 Å². The molecule has 2 nitrogen and oxygen atoms in total. The van der Waals surface area contributed by atoms with Gasteiger partial charge in [0.1, 0.15) is 11.5 Å². The summed E-state index contributed by atoms with van der Waals surface area (Å²) in [6.07, 6.45) is 3.81. The van der Waals surface area contributed by atoms with Crippen LogP contribution in [0.2, 0.25) is 0 Å². The molecule has 212 valence electrons. The molecule has 2 aliphatic carbocycles. The Morgan fingerprint density at radius 2 is 1.08 bits per heavy atom. The van der Waals surface area contributed by atoms with E-state index in [0.29, 0.717) is 35.2 Å². The van der Waals surface area contributed by atoms with Gasteiger partial charge in [-0.2, -0.15) is 17.6 Å². The van der Waals surface area contributed by atoms with E-state index in [1.54, 1.807) is 12.1 Å². The molecule has 0 saturated heterocycles. The number of ether oxygens (including phenoxy) is 2. The van der Waals surface area contributed by atoms with Crippen LogP contribution in [-0.2, 0) is 23.7 Å². The van der Waals surface area contributed by atoms with Crippen LogP contribution in [0.15, 0.2) is 36.4 Å². The number of halogens is 4. The normalized spacial score (nSPS) is 17.3. The van der Waals surface area contributed by atoms with Crippen LogP contribution >= 0.6 is 0 Å². The topological polar surface area (TPSA) is 18.5 Å². The zero-order chi connectivity index (χ0) is 28.4. The number of benzene rings is 2. The Kier molecular flexibility index (Phi) is 9.47. The Balaban J connectivity index is 0.000000211. The second-order valence-electron chi connectivity index (χ2n) is 12.0. The molecule has 6 heteroatoms. The van der Waals surface area contributed by atoms with Crippen LogP contribution < -0.4 is 9.47 Å². The van der Waals surface area contributed by atoms with Crippen molar-refractivity contribution in [1.82, 2.24) is 0 Å². The van der Waals surface area contributed by atoms with Gasteiger partial charge in [0.2, 0.25) is 0 Å². The minimum Gasteiger partial charge on any atom is -0.435 e. The van der Waals surface area contributed by atoms with Gasteiger partial charge in [-0.05, 0) is 78.2 Å². The lowest BCUT2D eigenvalue weighted by molar-refractivity contribution is -0.0518. The largest absolute Gasteiger partial charge is 0.435 e. The Labute approximate surface area is 226 Å². The first kappa shape index (κ1) is 30.3. The van der Waals surface area contributed by atoms with Crippen molar-refractivity contribution >= 4 is 0 Å². The lowest BCUT2D eigenvalue weighted by Crippen LogP contribution is -2.36. The molecular formula is C32H44F4O2. The molecule has 0 amide bonds. The molecule has 0 aromatic heterocycles. The van der Waals surface area contributed by atoms with E-state index in [0.717, 1.165) is 36.8 Å². The number of fused-ring (bicyclic) bond motifs is 2. The van der Waals surface area contributed by atoms with Crippen molar-refractivity contribution in [2.24, 2.45) is 23.7 Å². The molecule has 2 aliphatic rings. The summed E-state index contributed by atoms with van der Waals surface area (Å²) < 4.78 is 59.7. The summed E-state index contributed by atoms with van der Waals surface area (Å²) in [5.41, 5.74) is 4.39.